The van der Waals surface area contributed by atoms with Crippen LogP contribution in [-0.2, 0) is 6.54 Å². The summed E-state index contributed by atoms with van der Waals surface area (Å²) in [6.45, 7) is -0.0992. The lowest BCUT2D eigenvalue weighted by Crippen LogP contribution is -2.50. The maximum Gasteiger partial charge on any atom is 0.268 e. The van der Waals surface area contributed by atoms with Gasteiger partial charge in [-0.3, -0.25) is 4.79 Å². The molecular weight excluding hydrogens is 588 g/mol. The van der Waals surface area contributed by atoms with Crippen LogP contribution in [0.5, 0.6) is 0 Å². The second-order valence-electron chi connectivity index (χ2n) is 12.5. The number of carbonyl (C=O) groups is 1. The molecule has 3 fully saturated rings. The molecule has 3 atom stereocenters. The van der Waals surface area contributed by atoms with Crippen LogP contribution < -0.4 is 5.73 Å². The summed E-state index contributed by atoms with van der Waals surface area (Å²) in [6, 6.07) is 11.4. The first-order valence-corrected chi connectivity index (χ1v) is 15.1. The van der Waals surface area contributed by atoms with E-state index < -0.39 is 29.2 Å². The quantitative estimate of drug-likeness (QED) is 0.261. The fraction of sp³-hybridized carbons (Fsp3) is 0.394. The van der Waals surface area contributed by atoms with E-state index in [2.05, 4.69) is 10.3 Å². The molecule has 3 N–H and O–H groups in total. The highest BCUT2D eigenvalue weighted by molar-refractivity contribution is 5.99. The molecule has 1 saturated carbocycles. The van der Waals surface area contributed by atoms with E-state index in [1.165, 1.54) is 36.4 Å². The monoisotopic (exact) mass is 618 g/mol. The zero-order valence-corrected chi connectivity index (χ0v) is 24.2. The molecule has 232 valence electrons. The van der Waals surface area contributed by atoms with Crippen molar-refractivity contribution in [1.29, 1.82) is 5.26 Å². The summed E-state index contributed by atoms with van der Waals surface area (Å²) in [5.41, 5.74) is 4.40. The summed E-state index contributed by atoms with van der Waals surface area (Å²) in [7, 11) is 0. The molecule has 8 nitrogen and oxygen atoms in total. The Morgan fingerprint density at radius 3 is 2.42 bits per heavy atom. The van der Waals surface area contributed by atoms with Gasteiger partial charge >= 0.3 is 0 Å². The number of rotatable bonds is 6. The van der Waals surface area contributed by atoms with Crippen molar-refractivity contribution in [3.8, 4) is 28.3 Å². The summed E-state index contributed by atoms with van der Waals surface area (Å²) in [5, 5.41) is 27.9. The number of nitrogens with zero attached hydrogens (tertiary/aromatic N) is 5. The molecule has 1 aliphatic carbocycles. The zero-order chi connectivity index (χ0) is 31.6. The first kappa shape index (κ1) is 29.4. The number of halogens is 4. The summed E-state index contributed by atoms with van der Waals surface area (Å²) in [5.74, 6) is -2.27. The molecule has 1 amide bonds. The first-order valence-electron chi connectivity index (χ1n) is 15.1. The van der Waals surface area contributed by atoms with Gasteiger partial charge in [0.2, 0.25) is 0 Å². The average Bonchev–Trinajstić information content (AvgIpc) is 3.51. The Labute approximate surface area is 256 Å². The maximum atomic E-state index is 16.3. The van der Waals surface area contributed by atoms with Crippen molar-refractivity contribution in [2.75, 3.05) is 0 Å². The minimum Gasteiger partial charge on any atom is -0.388 e. The summed E-state index contributed by atoms with van der Waals surface area (Å²) < 4.78 is 61.4. The third kappa shape index (κ3) is 4.94. The van der Waals surface area contributed by atoms with Gasteiger partial charge < -0.3 is 15.7 Å². The lowest BCUT2D eigenvalue weighted by atomic mass is 9.80. The molecule has 45 heavy (non-hydrogen) atoms. The number of nitriles is 1. The standard InChI is InChI=1S/C33H30F4N6O2/c34-26-11-17(2-3-19(26)15-38)24-10-18(32(44)43-21-5-6-22(43)13-20(39)12-21)4-7-23(24)25-14-27-30(28(29(25)35)31(36)37)42(41-40-27)16-33(45)8-1-9-33/h2-4,7,10-11,14,20-22,31,45H,1,5-6,8-9,12-13,16,39H2/t20?,21-,22+. The third-order valence-electron chi connectivity index (χ3n) is 9.68. The molecule has 1 aromatic heterocycles. The molecule has 1 unspecified atom stereocenters. The Morgan fingerprint density at radius 2 is 1.80 bits per heavy atom. The SMILES string of the molecule is N#Cc1ccc(-c2cc(C(=O)N3[C@@H]4CC[C@H]3CC(N)C4)ccc2-c2cc3nnn(CC4(O)CCC4)c3c(C(F)F)c2F)cc1F. The van der Waals surface area contributed by atoms with Crippen LogP contribution in [0.2, 0.25) is 0 Å². The fourth-order valence-electron chi connectivity index (χ4n) is 7.30. The number of nitrogens with two attached hydrogens (primary N) is 1. The van der Waals surface area contributed by atoms with Crippen LogP contribution in [0.3, 0.4) is 0 Å². The number of aromatic nitrogens is 3. The van der Waals surface area contributed by atoms with Gasteiger partial charge in [0.1, 0.15) is 28.7 Å². The van der Waals surface area contributed by atoms with E-state index in [9.17, 15) is 28.3 Å². The highest BCUT2D eigenvalue weighted by Gasteiger charge is 2.43. The number of fused-ring (bicyclic) bond motifs is 3. The Morgan fingerprint density at radius 1 is 1.07 bits per heavy atom. The van der Waals surface area contributed by atoms with Gasteiger partial charge in [-0.1, -0.05) is 17.3 Å². The summed E-state index contributed by atoms with van der Waals surface area (Å²) in [6.07, 6.45) is 1.55. The van der Waals surface area contributed by atoms with Crippen molar-refractivity contribution in [1.82, 2.24) is 19.9 Å². The number of hydrogen-bond donors (Lipinski definition) is 2. The Bertz CT molecular complexity index is 1870. The molecule has 3 aromatic carbocycles. The molecular formula is C33H30F4N6O2. The van der Waals surface area contributed by atoms with Crippen LogP contribution in [0.25, 0.3) is 33.3 Å². The molecule has 12 heteroatoms. The Balaban J connectivity index is 1.38. The van der Waals surface area contributed by atoms with E-state index in [0.29, 0.717) is 25.7 Å². The van der Waals surface area contributed by atoms with Crippen molar-refractivity contribution in [2.45, 2.75) is 81.6 Å². The minimum absolute atomic E-state index is 0.00275. The van der Waals surface area contributed by atoms with Crippen LogP contribution in [0, 0.1) is 23.0 Å². The van der Waals surface area contributed by atoms with Crippen molar-refractivity contribution >= 4 is 16.9 Å². The topological polar surface area (TPSA) is 121 Å². The van der Waals surface area contributed by atoms with E-state index in [1.807, 2.05) is 4.90 Å². The summed E-state index contributed by atoms with van der Waals surface area (Å²) in [4.78, 5) is 15.7. The van der Waals surface area contributed by atoms with Gasteiger partial charge in [-0.15, -0.1) is 5.10 Å². The fourth-order valence-corrected chi connectivity index (χ4v) is 7.30. The largest absolute Gasteiger partial charge is 0.388 e. The lowest BCUT2D eigenvalue weighted by molar-refractivity contribution is -0.0493. The number of hydrogen-bond acceptors (Lipinski definition) is 6. The molecule has 2 saturated heterocycles. The number of amides is 1. The number of benzene rings is 3. The minimum atomic E-state index is -3.24. The molecule has 2 aliphatic heterocycles. The second kappa shape index (κ2) is 10.9. The highest BCUT2D eigenvalue weighted by Crippen LogP contribution is 2.43. The molecule has 4 aromatic rings. The van der Waals surface area contributed by atoms with Gasteiger partial charge in [0.15, 0.2) is 0 Å². The normalized spacial score (nSPS) is 22.1. The van der Waals surface area contributed by atoms with E-state index in [1.54, 1.807) is 6.07 Å². The number of alkyl halides is 2. The van der Waals surface area contributed by atoms with Gasteiger partial charge in [-0.2, -0.15) is 5.26 Å². The van der Waals surface area contributed by atoms with E-state index in [0.717, 1.165) is 30.0 Å². The molecule has 3 aliphatic rings. The van der Waals surface area contributed by atoms with Crippen LogP contribution in [0.1, 0.15) is 72.9 Å². The Kier molecular flexibility index (Phi) is 7.13. The average molecular weight is 619 g/mol. The molecule has 7 rings (SSSR count). The van der Waals surface area contributed by atoms with Crippen molar-refractivity contribution in [3.63, 3.8) is 0 Å². The molecule has 0 radical (unpaired) electrons. The predicted octanol–water partition coefficient (Wildman–Crippen LogP) is 5.86. The summed E-state index contributed by atoms with van der Waals surface area (Å²) >= 11 is 0. The van der Waals surface area contributed by atoms with Gasteiger partial charge in [0, 0.05) is 29.3 Å². The van der Waals surface area contributed by atoms with Crippen LogP contribution in [0.4, 0.5) is 17.6 Å². The van der Waals surface area contributed by atoms with Crippen LogP contribution in [0.15, 0.2) is 42.5 Å². The number of piperidine rings is 1. The van der Waals surface area contributed by atoms with Gasteiger partial charge in [-0.05, 0) is 92.0 Å². The molecule has 0 spiro atoms. The Hall–Kier alpha value is -4.34. The number of aliphatic hydroxyl groups is 1. The predicted molar refractivity (Wildman–Crippen MR) is 157 cm³/mol. The molecule has 2 bridgehead atoms. The van der Waals surface area contributed by atoms with Gasteiger partial charge in [0.25, 0.3) is 12.3 Å². The maximum absolute atomic E-state index is 16.3. The van der Waals surface area contributed by atoms with Crippen molar-refractivity contribution in [2.24, 2.45) is 5.73 Å². The third-order valence-corrected chi connectivity index (χ3v) is 9.68. The van der Waals surface area contributed by atoms with Gasteiger partial charge in [-0.25, -0.2) is 22.2 Å². The zero-order valence-electron chi connectivity index (χ0n) is 24.2. The van der Waals surface area contributed by atoms with E-state index in [4.69, 9.17) is 5.73 Å². The van der Waals surface area contributed by atoms with Crippen molar-refractivity contribution in [3.05, 3.63) is 70.8 Å². The van der Waals surface area contributed by atoms with Gasteiger partial charge in [0.05, 0.1) is 23.3 Å². The van der Waals surface area contributed by atoms with Crippen LogP contribution in [-0.4, -0.2) is 54.6 Å². The number of carbonyl (C=O) groups excluding carboxylic acids is 1. The highest BCUT2D eigenvalue weighted by atomic mass is 19.3. The van der Waals surface area contributed by atoms with E-state index in [-0.39, 0.29) is 75.0 Å². The molecule has 3 heterocycles. The van der Waals surface area contributed by atoms with Crippen LogP contribution >= 0.6 is 0 Å². The smallest absolute Gasteiger partial charge is 0.268 e. The first-order chi connectivity index (χ1) is 21.6. The van der Waals surface area contributed by atoms with E-state index >= 15 is 4.39 Å². The lowest BCUT2D eigenvalue weighted by Gasteiger charge is -2.38. The second-order valence-corrected chi connectivity index (χ2v) is 12.5. The van der Waals surface area contributed by atoms with Crippen molar-refractivity contribution < 1.29 is 27.5 Å².